The van der Waals surface area contributed by atoms with Gasteiger partial charge in [0.05, 0.1) is 5.33 Å². The highest BCUT2D eigenvalue weighted by Gasteiger charge is 2.03. The summed E-state index contributed by atoms with van der Waals surface area (Å²) < 4.78 is 3.24. The van der Waals surface area contributed by atoms with Crippen molar-refractivity contribution in [3.8, 4) is 0 Å². The van der Waals surface area contributed by atoms with Gasteiger partial charge in [0.2, 0.25) is 0 Å². The summed E-state index contributed by atoms with van der Waals surface area (Å²) in [6.45, 7) is 0. The lowest BCUT2D eigenvalue weighted by atomic mass is 10.1. The minimum absolute atomic E-state index is 0.0947. The quantitative estimate of drug-likeness (QED) is 0.503. The Bertz CT molecular complexity index is 513. The molecular formula is C14H12BrNOS. The number of carbonyl (C=O) groups is 1. The van der Waals surface area contributed by atoms with E-state index in [2.05, 4.69) is 20.7 Å². The van der Waals surface area contributed by atoms with Crippen LogP contribution in [0.1, 0.15) is 10.4 Å². The van der Waals surface area contributed by atoms with E-state index in [0.717, 1.165) is 16.1 Å². The average molecular weight is 322 g/mol. The van der Waals surface area contributed by atoms with Crippen molar-refractivity contribution in [1.82, 2.24) is 0 Å². The molecule has 18 heavy (non-hydrogen) atoms. The Morgan fingerprint density at radius 1 is 1.06 bits per heavy atom. The van der Waals surface area contributed by atoms with Gasteiger partial charge in [0.15, 0.2) is 5.78 Å². The molecule has 0 aromatic heterocycles. The first-order valence-electron chi connectivity index (χ1n) is 5.47. The highest BCUT2D eigenvalue weighted by atomic mass is 79.9. The molecule has 0 amide bonds. The summed E-state index contributed by atoms with van der Waals surface area (Å²) in [4.78, 5) is 12.6. The van der Waals surface area contributed by atoms with Crippen LogP contribution in [0.15, 0.2) is 59.5 Å². The molecule has 0 saturated carbocycles. The fourth-order valence-corrected chi connectivity index (χ4v) is 2.40. The largest absolute Gasteiger partial charge is 0.326 e. The Morgan fingerprint density at radius 2 is 1.72 bits per heavy atom. The third-order valence-corrected chi connectivity index (χ3v) is 3.71. The van der Waals surface area contributed by atoms with Gasteiger partial charge in [-0.05, 0) is 48.3 Å². The number of anilines is 1. The summed E-state index contributed by atoms with van der Waals surface area (Å²) >= 11 is 4.71. The van der Waals surface area contributed by atoms with Crippen LogP contribution in [0.25, 0.3) is 0 Å². The fraction of sp³-hybridized carbons (Fsp3) is 0.0714. The molecule has 92 valence electrons. The van der Waals surface area contributed by atoms with Crippen molar-refractivity contribution in [2.24, 2.45) is 0 Å². The Morgan fingerprint density at radius 3 is 2.33 bits per heavy atom. The van der Waals surface area contributed by atoms with Crippen LogP contribution in [0.3, 0.4) is 0 Å². The molecule has 0 bridgehead atoms. The van der Waals surface area contributed by atoms with Gasteiger partial charge in [0, 0.05) is 16.1 Å². The zero-order valence-electron chi connectivity index (χ0n) is 9.60. The Labute approximate surface area is 119 Å². The monoisotopic (exact) mass is 321 g/mol. The van der Waals surface area contributed by atoms with E-state index < -0.39 is 0 Å². The number of benzene rings is 2. The molecule has 0 spiro atoms. The predicted molar refractivity (Wildman–Crippen MR) is 80.5 cm³/mol. The van der Waals surface area contributed by atoms with E-state index in [9.17, 15) is 4.79 Å². The molecule has 1 N–H and O–H groups in total. The minimum atomic E-state index is 0.0947. The highest BCUT2D eigenvalue weighted by molar-refractivity contribution is 9.09. The number of rotatable bonds is 5. The molecule has 2 nitrogen and oxygen atoms in total. The Hall–Kier alpha value is -1.26. The van der Waals surface area contributed by atoms with Gasteiger partial charge in [-0.2, -0.15) is 0 Å². The van der Waals surface area contributed by atoms with Gasteiger partial charge in [0.1, 0.15) is 0 Å². The topological polar surface area (TPSA) is 29.1 Å². The van der Waals surface area contributed by atoms with Crippen LogP contribution in [0.4, 0.5) is 5.69 Å². The van der Waals surface area contributed by atoms with E-state index in [4.69, 9.17) is 0 Å². The van der Waals surface area contributed by atoms with E-state index in [1.54, 1.807) is 11.9 Å². The minimum Gasteiger partial charge on any atom is -0.326 e. The molecule has 4 heteroatoms. The Kier molecular flexibility index (Phi) is 4.84. The molecule has 2 rings (SSSR count). The van der Waals surface area contributed by atoms with Gasteiger partial charge in [-0.3, -0.25) is 4.79 Å². The molecule has 0 atom stereocenters. The van der Waals surface area contributed by atoms with Gasteiger partial charge in [-0.1, -0.05) is 34.1 Å². The van der Waals surface area contributed by atoms with E-state index in [0.29, 0.717) is 5.33 Å². The van der Waals surface area contributed by atoms with Crippen LogP contribution < -0.4 is 4.72 Å². The number of carbonyl (C=O) groups excluding carboxylic acids is 1. The van der Waals surface area contributed by atoms with Crippen LogP contribution in [0.2, 0.25) is 0 Å². The Balaban J connectivity index is 1.97. The number of Topliss-reactive ketones (excluding diaryl/α,β-unsaturated/α-hetero) is 1. The van der Waals surface area contributed by atoms with Crippen LogP contribution in [0, 0.1) is 0 Å². The van der Waals surface area contributed by atoms with E-state index >= 15 is 0 Å². The van der Waals surface area contributed by atoms with Gasteiger partial charge < -0.3 is 4.72 Å². The maximum atomic E-state index is 11.4. The normalized spacial score (nSPS) is 10.1. The van der Waals surface area contributed by atoms with Gasteiger partial charge in [0.25, 0.3) is 0 Å². The van der Waals surface area contributed by atoms with Crippen molar-refractivity contribution < 1.29 is 4.79 Å². The average Bonchev–Trinajstić information content (AvgIpc) is 2.46. The number of alkyl halides is 1. The summed E-state index contributed by atoms with van der Waals surface area (Å²) in [5.74, 6) is 0.0947. The van der Waals surface area contributed by atoms with Crippen LogP contribution in [-0.4, -0.2) is 11.1 Å². The summed E-state index contributed by atoms with van der Waals surface area (Å²) in [5, 5.41) is 0.360. The van der Waals surface area contributed by atoms with Crippen molar-refractivity contribution in [2.75, 3.05) is 10.1 Å². The molecule has 0 aliphatic heterocycles. The molecule has 0 heterocycles. The number of halogens is 1. The first-order chi connectivity index (χ1) is 8.79. The number of hydrogen-bond donors (Lipinski definition) is 1. The number of nitrogens with one attached hydrogen (secondary N) is 1. The SMILES string of the molecule is O=C(CBr)c1ccc(NSc2ccccc2)cc1. The van der Waals surface area contributed by atoms with Crippen molar-refractivity contribution in [2.45, 2.75) is 4.90 Å². The standard InChI is InChI=1S/C14H12BrNOS/c15-10-14(17)11-6-8-12(9-7-11)16-18-13-4-2-1-3-5-13/h1-9,16H,10H2. The fourth-order valence-electron chi connectivity index (χ4n) is 1.41. The smallest absolute Gasteiger partial charge is 0.173 e. The molecule has 0 aliphatic carbocycles. The van der Waals surface area contributed by atoms with E-state index in [1.165, 1.54) is 0 Å². The van der Waals surface area contributed by atoms with Crippen molar-refractivity contribution in [3.63, 3.8) is 0 Å². The van der Waals surface area contributed by atoms with Crippen LogP contribution in [0.5, 0.6) is 0 Å². The van der Waals surface area contributed by atoms with Crippen molar-refractivity contribution in [3.05, 3.63) is 60.2 Å². The molecule has 0 saturated heterocycles. The first kappa shape index (κ1) is 13.2. The van der Waals surface area contributed by atoms with Crippen molar-refractivity contribution in [1.29, 1.82) is 0 Å². The predicted octanol–water partition coefficient (Wildman–Crippen LogP) is 4.38. The van der Waals surface area contributed by atoms with E-state index in [1.807, 2.05) is 54.6 Å². The molecule has 0 unspecified atom stereocenters. The summed E-state index contributed by atoms with van der Waals surface area (Å²) in [6, 6.07) is 17.6. The second-order valence-corrected chi connectivity index (χ2v) is 5.09. The van der Waals surface area contributed by atoms with Gasteiger partial charge in [-0.15, -0.1) is 0 Å². The summed E-state index contributed by atoms with van der Waals surface area (Å²) in [6.07, 6.45) is 0. The van der Waals surface area contributed by atoms with Crippen LogP contribution >= 0.6 is 27.9 Å². The lowest BCUT2D eigenvalue weighted by Crippen LogP contribution is -1.99. The second kappa shape index (κ2) is 6.61. The summed E-state index contributed by atoms with van der Waals surface area (Å²) in [5.41, 5.74) is 1.71. The zero-order valence-corrected chi connectivity index (χ0v) is 12.0. The number of ketones is 1. The lowest BCUT2D eigenvalue weighted by Gasteiger charge is -2.05. The zero-order chi connectivity index (χ0) is 12.8. The van der Waals surface area contributed by atoms with Gasteiger partial charge in [-0.25, -0.2) is 0 Å². The lowest BCUT2D eigenvalue weighted by molar-refractivity contribution is 0.102. The third-order valence-electron chi connectivity index (χ3n) is 2.36. The molecular weight excluding hydrogens is 310 g/mol. The first-order valence-corrected chi connectivity index (χ1v) is 7.40. The van der Waals surface area contributed by atoms with Crippen molar-refractivity contribution >= 4 is 39.3 Å². The maximum absolute atomic E-state index is 11.4. The number of hydrogen-bond acceptors (Lipinski definition) is 3. The van der Waals surface area contributed by atoms with E-state index in [-0.39, 0.29) is 5.78 Å². The second-order valence-electron chi connectivity index (χ2n) is 3.65. The third kappa shape index (κ3) is 3.62. The molecule has 0 aliphatic rings. The maximum Gasteiger partial charge on any atom is 0.173 e. The highest BCUT2D eigenvalue weighted by Crippen LogP contribution is 2.21. The molecule has 2 aromatic rings. The van der Waals surface area contributed by atoms with Gasteiger partial charge >= 0.3 is 0 Å². The van der Waals surface area contributed by atoms with Crippen LogP contribution in [-0.2, 0) is 0 Å². The molecule has 2 aromatic carbocycles. The molecule has 0 radical (unpaired) electrons. The molecule has 0 fully saturated rings. The summed E-state index contributed by atoms with van der Waals surface area (Å²) in [7, 11) is 0.